The number of hydrogen-bond donors (Lipinski definition) is 2. The van der Waals surface area contributed by atoms with Crippen LogP contribution in [0.15, 0.2) is 42.0 Å². The lowest BCUT2D eigenvalue weighted by Crippen LogP contribution is -2.63. The Morgan fingerprint density at radius 2 is 1.82 bits per heavy atom. The highest BCUT2D eigenvalue weighted by molar-refractivity contribution is 5.96. The smallest absolute Gasteiger partial charge is 0.339 e. The van der Waals surface area contributed by atoms with Crippen LogP contribution in [0.5, 0.6) is 0 Å². The first-order chi connectivity index (χ1) is 16.2. The van der Waals surface area contributed by atoms with Crippen molar-refractivity contribution < 1.29 is 29.3 Å². The van der Waals surface area contributed by atoms with Gasteiger partial charge in [-0.1, -0.05) is 37.6 Å². The number of benzene rings is 1. The zero-order valence-electron chi connectivity index (χ0n) is 20.0. The van der Waals surface area contributed by atoms with Gasteiger partial charge >= 0.3 is 5.97 Å². The van der Waals surface area contributed by atoms with E-state index in [4.69, 9.17) is 4.74 Å². The van der Waals surface area contributed by atoms with Crippen LogP contribution in [0.3, 0.4) is 0 Å². The van der Waals surface area contributed by atoms with E-state index in [-0.39, 0.29) is 29.0 Å². The minimum Gasteiger partial charge on any atom is -0.447 e. The van der Waals surface area contributed by atoms with E-state index in [1.165, 1.54) is 0 Å². The van der Waals surface area contributed by atoms with Crippen LogP contribution in [-0.2, 0) is 14.3 Å². The van der Waals surface area contributed by atoms with Crippen molar-refractivity contribution in [2.75, 3.05) is 6.61 Å². The molecular weight excluding hydrogens is 432 g/mol. The van der Waals surface area contributed by atoms with Gasteiger partial charge in [0.15, 0.2) is 11.4 Å². The third-order valence-electron chi connectivity index (χ3n) is 9.89. The van der Waals surface area contributed by atoms with Crippen molar-refractivity contribution in [3.63, 3.8) is 0 Å². The van der Waals surface area contributed by atoms with E-state index in [1.54, 1.807) is 36.4 Å². The van der Waals surface area contributed by atoms with Crippen molar-refractivity contribution in [1.29, 1.82) is 0 Å². The summed E-state index contributed by atoms with van der Waals surface area (Å²) in [4.78, 5) is 38.5. The molecular formula is C28H34O6. The average molecular weight is 467 g/mol. The molecule has 0 aromatic heterocycles. The van der Waals surface area contributed by atoms with Gasteiger partial charge in [0.2, 0.25) is 5.78 Å². The number of Topliss-reactive ketones (excluding diaryl/α,β-unsaturated/α-hetero) is 1. The van der Waals surface area contributed by atoms with Crippen LogP contribution in [0.2, 0.25) is 0 Å². The molecule has 2 N–H and O–H groups in total. The zero-order chi connectivity index (χ0) is 24.3. The number of allylic oxidation sites excluding steroid dienone is 1. The van der Waals surface area contributed by atoms with E-state index in [1.807, 2.05) is 6.92 Å². The SMILES string of the molecule is C[C@]12CCC(=O)C=C1CCC1C2[C@@H](O)C[C@@]2(C)[C@H]1CC[C@]2(OC(=O)c1ccccc1)C(=O)CO. The lowest BCUT2D eigenvalue weighted by atomic mass is 9.45. The van der Waals surface area contributed by atoms with Crippen molar-refractivity contribution in [3.05, 3.63) is 47.5 Å². The molecule has 3 fully saturated rings. The number of carbonyl (C=O) groups excluding carboxylic acids is 3. The first kappa shape index (κ1) is 23.4. The highest BCUT2D eigenvalue weighted by Crippen LogP contribution is 2.68. The Morgan fingerprint density at radius 1 is 1.09 bits per heavy atom. The summed E-state index contributed by atoms with van der Waals surface area (Å²) < 4.78 is 6.07. The van der Waals surface area contributed by atoms with E-state index < -0.39 is 35.5 Å². The second-order valence-electron chi connectivity index (χ2n) is 11.3. The largest absolute Gasteiger partial charge is 0.447 e. The number of hydrogen-bond acceptors (Lipinski definition) is 6. The summed E-state index contributed by atoms with van der Waals surface area (Å²) in [6.07, 6.45) is 5.38. The summed E-state index contributed by atoms with van der Waals surface area (Å²) in [5, 5.41) is 21.5. The zero-order valence-corrected chi connectivity index (χ0v) is 20.0. The van der Waals surface area contributed by atoms with Gasteiger partial charge in [0.25, 0.3) is 0 Å². The molecule has 4 aliphatic carbocycles. The Morgan fingerprint density at radius 3 is 2.53 bits per heavy atom. The number of aliphatic hydroxyl groups excluding tert-OH is 2. The molecule has 34 heavy (non-hydrogen) atoms. The standard InChI is InChI=1S/C28H34O6/c1-26-12-10-19(30)14-18(26)8-9-20-21-11-13-28(23(32)16-29,27(21,2)15-22(31)24(20)26)34-25(33)17-6-4-3-5-7-17/h3-7,14,20-22,24,29,31H,8-13,15-16H2,1-2H3/t20?,21-,22-,24?,26-,27-,28-/m0/s1. The van der Waals surface area contributed by atoms with E-state index in [9.17, 15) is 24.6 Å². The lowest BCUT2D eigenvalue weighted by molar-refractivity contribution is -0.183. The lowest BCUT2D eigenvalue weighted by Gasteiger charge is -2.60. The topological polar surface area (TPSA) is 101 Å². The van der Waals surface area contributed by atoms with Crippen LogP contribution in [0.4, 0.5) is 0 Å². The third kappa shape index (κ3) is 3.18. The molecule has 0 radical (unpaired) electrons. The van der Waals surface area contributed by atoms with Crippen molar-refractivity contribution in [2.45, 2.75) is 70.5 Å². The molecule has 0 saturated heterocycles. The van der Waals surface area contributed by atoms with E-state index in [2.05, 4.69) is 6.92 Å². The highest BCUT2D eigenvalue weighted by Gasteiger charge is 2.70. The maximum Gasteiger partial charge on any atom is 0.339 e. The van der Waals surface area contributed by atoms with Gasteiger partial charge in [0.1, 0.15) is 6.61 Å². The average Bonchev–Trinajstić information content (AvgIpc) is 3.11. The van der Waals surface area contributed by atoms with Crippen LogP contribution in [-0.4, -0.2) is 46.1 Å². The van der Waals surface area contributed by atoms with Crippen LogP contribution in [0.25, 0.3) is 0 Å². The van der Waals surface area contributed by atoms with Gasteiger partial charge in [-0.15, -0.1) is 0 Å². The normalized spacial score (nSPS) is 41.1. The third-order valence-corrected chi connectivity index (χ3v) is 9.89. The summed E-state index contributed by atoms with van der Waals surface area (Å²) in [5.74, 6) is -0.652. The molecule has 6 heteroatoms. The molecule has 7 atom stereocenters. The molecule has 1 aromatic rings. The van der Waals surface area contributed by atoms with Gasteiger partial charge in [0.05, 0.1) is 11.7 Å². The molecule has 0 amide bonds. The number of aliphatic hydroxyl groups is 2. The predicted octanol–water partition coefficient (Wildman–Crippen LogP) is 3.65. The Balaban J connectivity index is 1.53. The maximum atomic E-state index is 13.3. The fraction of sp³-hybridized carbons (Fsp3) is 0.607. The number of ether oxygens (including phenoxy) is 1. The number of ketones is 2. The van der Waals surface area contributed by atoms with Gasteiger partial charge in [-0.25, -0.2) is 4.79 Å². The van der Waals surface area contributed by atoms with Crippen LogP contribution < -0.4 is 0 Å². The monoisotopic (exact) mass is 466 g/mol. The quantitative estimate of drug-likeness (QED) is 0.657. The second-order valence-corrected chi connectivity index (χ2v) is 11.3. The number of fused-ring (bicyclic) bond motifs is 5. The molecule has 0 spiro atoms. The van der Waals surface area contributed by atoms with Crippen molar-refractivity contribution >= 4 is 17.5 Å². The molecule has 0 aliphatic heterocycles. The minimum atomic E-state index is -1.47. The Kier molecular flexibility index (Phi) is 5.60. The highest BCUT2D eigenvalue weighted by atomic mass is 16.6. The van der Waals surface area contributed by atoms with Crippen LogP contribution in [0, 0.1) is 28.6 Å². The molecule has 3 saturated carbocycles. The Hall–Kier alpha value is -2.31. The Labute approximate surface area is 200 Å². The fourth-order valence-corrected chi connectivity index (χ4v) is 8.28. The van der Waals surface area contributed by atoms with Gasteiger partial charge in [-0.3, -0.25) is 9.59 Å². The van der Waals surface area contributed by atoms with Crippen molar-refractivity contribution in [2.24, 2.45) is 28.6 Å². The first-order valence-electron chi connectivity index (χ1n) is 12.5. The summed E-state index contributed by atoms with van der Waals surface area (Å²) >= 11 is 0. The molecule has 4 aliphatic rings. The van der Waals surface area contributed by atoms with Crippen LogP contribution >= 0.6 is 0 Å². The van der Waals surface area contributed by atoms with Gasteiger partial charge < -0.3 is 14.9 Å². The number of carbonyl (C=O) groups is 3. The van der Waals surface area contributed by atoms with Gasteiger partial charge in [-0.2, -0.15) is 0 Å². The van der Waals surface area contributed by atoms with Crippen LogP contribution in [0.1, 0.15) is 69.2 Å². The maximum absolute atomic E-state index is 13.3. The van der Waals surface area contributed by atoms with E-state index >= 15 is 0 Å². The molecule has 182 valence electrons. The predicted molar refractivity (Wildman–Crippen MR) is 125 cm³/mol. The second kappa shape index (κ2) is 8.13. The molecule has 5 rings (SSSR count). The van der Waals surface area contributed by atoms with Crippen molar-refractivity contribution in [1.82, 2.24) is 0 Å². The summed E-state index contributed by atoms with van der Waals surface area (Å²) in [7, 11) is 0. The molecule has 2 unspecified atom stereocenters. The van der Waals surface area contributed by atoms with Gasteiger partial charge in [0, 0.05) is 11.8 Å². The first-order valence-corrected chi connectivity index (χ1v) is 12.5. The van der Waals surface area contributed by atoms with E-state index in [0.717, 1.165) is 24.8 Å². The van der Waals surface area contributed by atoms with E-state index in [0.29, 0.717) is 31.2 Å². The molecule has 0 bridgehead atoms. The molecule has 6 nitrogen and oxygen atoms in total. The number of rotatable bonds is 4. The fourth-order valence-electron chi connectivity index (χ4n) is 8.28. The number of esters is 1. The molecule has 1 aromatic carbocycles. The summed E-state index contributed by atoms with van der Waals surface area (Å²) in [6, 6.07) is 8.60. The minimum absolute atomic E-state index is 0.00327. The van der Waals surface area contributed by atoms with Gasteiger partial charge in [-0.05, 0) is 79.9 Å². The molecule has 0 heterocycles. The van der Waals surface area contributed by atoms with Crippen molar-refractivity contribution in [3.8, 4) is 0 Å². The summed E-state index contributed by atoms with van der Waals surface area (Å²) in [5.41, 5.74) is -0.963. The summed E-state index contributed by atoms with van der Waals surface area (Å²) in [6.45, 7) is 3.44. The Bertz CT molecular complexity index is 1050.